The van der Waals surface area contributed by atoms with Crippen LogP contribution in [0.2, 0.25) is 15.3 Å². The maximum absolute atomic E-state index is 10.6. The minimum Gasteiger partial charge on any atom is -0.436 e. The van der Waals surface area contributed by atoms with Crippen molar-refractivity contribution in [2.45, 2.75) is 0 Å². The Kier molecular flexibility index (Phi) is 4.04. The van der Waals surface area contributed by atoms with Gasteiger partial charge in [-0.15, -0.1) is 0 Å². The van der Waals surface area contributed by atoms with Crippen LogP contribution < -0.4 is 4.74 Å². The first-order valence-electron chi connectivity index (χ1n) is 4.77. The lowest BCUT2D eigenvalue weighted by Gasteiger charge is -2.07. The maximum Gasteiger partial charge on any atom is 0.271 e. The summed E-state index contributed by atoms with van der Waals surface area (Å²) in [4.78, 5) is 17.4. The molecule has 0 bridgehead atoms. The van der Waals surface area contributed by atoms with E-state index in [4.69, 9.17) is 39.5 Å². The molecule has 98 valence electrons. The van der Waals surface area contributed by atoms with Crippen molar-refractivity contribution in [2.75, 3.05) is 0 Å². The fourth-order valence-corrected chi connectivity index (χ4v) is 1.66. The standard InChI is InChI=1S/C10H4Cl3N3O3/c11-6-3-5(16(17)18)1-2-8(6)19-9-7(12)4-14-10(13)15-9/h1-4H. The zero-order valence-corrected chi connectivity index (χ0v) is 11.3. The van der Waals surface area contributed by atoms with Crippen molar-refractivity contribution < 1.29 is 9.66 Å². The number of benzene rings is 1. The van der Waals surface area contributed by atoms with Crippen LogP contribution in [0.4, 0.5) is 5.69 Å². The van der Waals surface area contributed by atoms with Gasteiger partial charge in [0.15, 0.2) is 0 Å². The highest BCUT2D eigenvalue weighted by Crippen LogP contribution is 2.34. The molecule has 0 radical (unpaired) electrons. The molecule has 0 aliphatic heterocycles. The first kappa shape index (κ1) is 13.8. The third kappa shape index (κ3) is 3.23. The van der Waals surface area contributed by atoms with Crippen molar-refractivity contribution >= 4 is 40.5 Å². The van der Waals surface area contributed by atoms with Gasteiger partial charge in [0.1, 0.15) is 10.8 Å². The molecule has 1 aromatic carbocycles. The normalized spacial score (nSPS) is 10.3. The third-order valence-corrected chi connectivity index (χ3v) is 2.75. The smallest absolute Gasteiger partial charge is 0.271 e. The van der Waals surface area contributed by atoms with E-state index >= 15 is 0 Å². The molecule has 9 heteroatoms. The van der Waals surface area contributed by atoms with Crippen LogP contribution in [0.25, 0.3) is 0 Å². The fourth-order valence-electron chi connectivity index (χ4n) is 1.19. The highest BCUT2D eigenvalue weighted by molar-refractivity contribution is 6.33. The Labute approximate surface area is 122 Å². The summed E-state index contributed by atoms with van der Waals surface area (Å²) in [5.74, 6) is 0.182. The monoisotopic (exact) mass is 319 g/mol. The number of rotatable bonds is 3. The molecule has 0 atom stereocenters. The van der Waals surface area contributed by atoms with Crippen LogP contribution >= 0.6 is 34.8 Å². The predicted molar refractivity (Wildman–Crippen MR) is 70.2 cm³/mol. The van der Waals surface area contributed by atoms with Crippen molar-refractivity contribution in [2.24, 2.45) is 0 Å². The van der Waals surface area contributed by atoms with E-state index in [-0.39, 0.29) is 32.6 Å². The van der Waals surface area contributed by atoms with Gasteiger partial charge in [0.05, 0.1) is 16.1 Å². The van der Waals surface area contributed by atoms with E-state index in [2.05, 4.69) is 9.97 Å². The van der Waals surface area contributed by atoms with Crippen LogP contribution in [-0.2, 0) is 0 Å². The first-order chi connectivity index (χ1) is 8.97. The Balaban J connectivity index is 2.33. The summed E-state index contributed by atoms with van der Waals surface area (Å²) in [6.45, 7) is 0. The van der Waals surface area contributed by atoms with Gasteiger partial charge in [-0.3, -0.25) is 10.1 Å². The molecule has 0 unspecified atom stereocenters. The van der Waals surface area contributed by atoms with Gasteiger partial charge in [-0.1, -0.05) is 23.2 Å². The van der Waals surface area contributed by atoms with Gasteiger partial charge in [0.25, 0.3) is 5.69 Å². The minimum absolute atomic E-state index is 0.0115. The lowest BCUT2D eigenvalue weighted by atomic mass is 10.3. The summed E-state index contributed by atoms with van der Waals surface area (Å²) < 4.78 is 5.33. The van der Waals surface area contributed by atoms with Gasteiger partial charge in [-0.25, -0.2) is 4.98 Å². The number of hydrogen-bond acceptors (Lipinski definition) is 5. The van der Waals surface area contributed by atoms with Crippen molar-refractivity contribution in [3.63, 3.8) is 0 Å². The van der Waals surface area contributed by atoms with Crippen LogP contribution in [0.3, 0.4) is 0 Å². The molecule has 1 heterocycles. The summed E-state index contributed by atoms with van der Waals surface area (Å²) in [6, 6.07) is 3.75. The van der Waals surface area contributed by atoms with Gasteiger partial charge in [0.2, 0.25) is 11.2 Å². The van der Waals surface area contributed by atoms with E-state index in [9.17, 15) is 10.1 Å². The van der Waals surface area contributed by atoms with Gasteiger partial charge >= 0.3 is 0 Å². The number of nitrogens with zero attached hydrogens (tertiary/aromatic N) is 3. The maximum atomic E-state index is 10.6. The Hall–Kier alpha value is -1.63. The van der Waals surface area contributed by atoms with E-state index in [0.717, 1.165) is 6.07 Å². The lowest BCUT2D eigenvalue weighted by Crippen LogP contribution is -1.93. The number of nitro benzene ring substituents is 1. The van der Waals surface area contributed by atoms with Crippen LogP contribution in [0.15, 0.2) is 24.4 Å². The fraction of sp³-hybridized carbons (Fsp3) is 0. The summed E-state index contributed by atoms with van der Waals surface area (Å²) in [7, 11) is 0. The van der Waals surface area contributed by atoms with Crippen molar-refractivity contribution in [3.05, 3.63) is 49.8 Å². The van der Waals surface area contributed by atoms with E-state index in [1.807, 2.05) is 0 Å². The van der Waals surface area contributed by atoms with Crippen LogP contribution in [-0.4, -0.2) is 14.9 Å². The van der Waals surface area contributed by atoms with E-state index in [1.165, 1.54) is 18.3 Å². The Bertz CT molecular complexity index is 651. The molecule has 2 rings (SSSR count). The quantitative estimate of drug-likeness (QED) is 0.482. The Morgan fingerprint density at radius 2 is 1.95 bits per heavy atom. The minimum atomic E-state index is -0.565. The number of ether oxygens (including phenoxy) is 1. The largest absolute Gasteiger partial charge is 0.436 e. The van der Waals surface area contributed by atoms with Gasteiger partial charge in [0, 0.05) is 12.1 Å². The van der Waals surface area contributed by atoms with Crippen LogP contribution in [0, 0.1) is 10.1 Å². The Morgan fingerprint density at radius 1 is 1.21 bits per heavy atom. The molecule has 0 amide bonds. The number of hydrogen-bond donors (Lipinski definition) is 0. The van der Waals surface area contributed by atoms with Gasteiger partial charge in [-0.05, 0) is 17.7 Å². The number of nitro groups is 1. The highest BCUT2D eigenvalue weighted by atomic mass is 35.5. The molecule has 0 aliphatic carbocycles. The second-order valence-corrected chi connectivity index (χ2v) is 4.42. The molecule has 2 aromatic rings. The number of aromatic nitrogens is 2. The van der Waals surface area contributed by atoms with Gasteiger partial charge < -0.3 is 4.74 Å². The summed E-state index contributed by atoms with van der Waals surface area (Å²) in [5.41, 5.74) is -0.149. The molecule has 19 heavy (non-hydrogen) atoms. The number of halogens is 3. The molecule has 0 aliphatic rings. The molecule has 0 spiro atoms. The topological polar surface area (TPSA) is 78.2 Å². The first-order valence-corrected chi connectivity index (χ1v) is 5.90. The van der Waals surface area contributed by atoms with Crippen molar-refractivity contribution in [3.8, 4) is 11.6 Å². The second-order valence-electron chi connectivity index (χ2n) is 3.27. The molecular formula is C10H4Cl3N3O3. The molecule has 0 fully saturated rings. The van der Waals surface area contributed by atoms with E-state index < -0.39 is 4.92 Å². The predicted octanol–water partition coefficient (Wildman–Crippen LogP) is 4.14. The van der Waals surface area contributed by atoms with Crippen LogP contribution in [0.1, 0.15) is 0 Å². The summed E-state index contributed by atoms with van der Waals surface area (Å²) in [6.07, 6.45) is 1.27. The SMILES string of the molecule is O=[N+]([O-])c1ccc(Oc2nc(Cl)ncc2Cl)c(Cl)c1. The van der Waals surface area contributed by atoms with Crippen molar-refractivity contribution in [1.29, 1.82) is 0 Å². The molecule has 0 saturated heterocycles. The Morgan fingerprint density at radius 3 is 2.58 bits per heavy atom. The third-order valence-electron chi connectivity index (χ3n) is 2.02. The van der Waals surface area contributed by atoms with E-state index in [0.29, 0.717) is 0 Å². The second kappa shape index (κ2) is 5.56. The average molecular weight is 321 g/mol. The highest BCUT2D eigenvalue weighted by Gasteiger charge is 2.13. The molecular weight excluding hydrogens is 316 g/mol. The number of non-ortho nitro benzene ring substituents is 1. The molecule has 0 saturated carbocycles. The van der Waals surface area contributed by atoms with Crippen LogP contribution in [0.5, 0.6) is 11.6 Å². The van der Waals surface area contributed by atoms with Gasteiger partial charge in [-0.2, -0.15) is 4.98 Å². The average Bonchev–Trinajstić information content (AvgIpc) is 2.36. The van der Waals surface area contributed by atoms with Crippen molar-refractivity contribution in [1.82, 2.24) is 9.97 Å². The molecule has 0 N–H and O–H groups in total. The van der Waals surface area contributed by atoms with E-state index in [1.54, 1.807) is 0 Å². The lowest BCUT2D eigenvalue weighted by molar-refractivity contribution is -0.384. The zero-order valence-electron chi connectivity index (χ0n) is 9.01. The summed E-state index contributed by atoms with van der Waals surface area (Å²) in [5, 5.41) is 10.7. The molecule has 1 aromatic heterocycles. The summed E-state index contributed by atoms with van der Waals surface area (Å²) >= 11 is 17.3. The zero-order chi connectivity index (χ0) is 14.0. The molecule has 6 nitrogen and oxygen atoms in total.